The monoisotopic (exact) mass is 224 g/mol. The molecule has 2 aromatic carbocycles. The van der Waals surface area contributed by atoms with Crippen molar-refractivity contribution in [2.24, 2.45) is 0 Å². The van der Waals surface area contributed by atoms with E-state index in [1.165, 1.54) is 0 Å². The standard InChI is InChI=1S/C15H12O2/c16-15(11-6-2-1-3-7-11)13-10-17-14-9-5-4-8-12(13)14/h1-9,16H,10H2. The van der Waals surface area contributed by atoms with Gasteiger partial charge >= 0.3 is 0 Å². The van der Waals surface area contributed by atoms with Crippen molar-refractivity contribution in [1.82, 2.24) is 0 Å². The zero-order chi connectivity index (χ0) is 11.7. The Morgan fingerprint density at radius 2 is 1.65 bits per heavy atom. The Morgan fingerprint density at radius 3 is 2.47 bits per heavy atom. The molecule has 1 aliphatic rings. The van der Waals surface area contributed by atoms with E-state index in [0.29, 0.717) is 12.4 Å². The minimum Gasteiger partial charge on any atom is -0.507 e. The Morgan fingerprint density at radius 1 is 0.941 bits per heavy atom. The van der Waals surface area contributed by atoms with Crippen LogP contribution in [0.2, 0.25) is 0 Å². The molecule has 0 saturated carbocycles. The molecule has 1 aliphatic heterocycles. The highest BCUT2D eigenvalue weighted by atomic mass is 16.5. The van der Waals surface area contributed by atoms with Gasteiger partial charge in [0.15, 0.2) is 0 Å². The van der Waals surface area contributed by atoms with Crippen molar-refractivity contribution < 1.29 is 9.84 Å². The van der Waals surface area contributed by atoms with E-state index < -0.39 is 0 Å². The third-order valence-electron chi connectivity index (χ3n) is 2.92. The lowest BCUT2D eigenvalue weighted by molar-refractivity contribution is 0.386. The van der Waals surface area contributed by atoms with Gasteiger partial charge in [0.2, 0.25) is 0 Å². The Hall–Kier alpha value is -2.22. The summed E-state index contributed by atoms with van der Waals surface area (Å²) in [5.74, 6) is 1.14. The quantitative estimate of drug-likeness (QED) is 0.751. The summed E-state index contributed by atoms with van der Waals surface area (Å²) in [6.45, 7) is 0.431. The fourth-order valence-corrected chi connectivity index (χ4v) is 2.04. The maximum atomic E-state index is 10.3. The van der Waals surface area contributed by atoms with Gasteiger partial charge in [-0.1, -0.05) is 48.5 Å². The molecule has 1 N–H and O–H groups in total. The average Bonchev–Trinajstić information content (AvgIpc) is 2.83. The molecule has 2 aromatic rings. The maximum Gasteiger partial charge on any atom is 0.130 e. The predicted octanol–water partition coefficient (Wildman–Crippen LogP) is 3.51. The van der Waals surface area contributed by atoms with Crippen molar-refractivity contribution >= 4 is 11.3 Å². The van der Waals surface area contributed by atoms with E-state index >= 15 is 0 Å². The van der Waals surface area contributed by atoms with Gasteiger partial charge in [-0.2, -0.15) is 0 Å². The maximum absolute atomic E-state index is 10.3. The molecule has 1 heterocycles. The lowest BCUT2D eigenvalue weighted by Gasteiger charge is -2.04. The summed E-state index contributed by atoms with van der Waals surface area (Å²) in [5, 5.41) is 10.3. The van der Waals surface area contributed by atoms with Crippen LogP contribution in [0.4, 0.5) is 0 Å². The van der Waals surface area contributed by atoms with Crippen LogP contribution < -0.4 is 4.74 Å². The molecule has 0 fully saturated rings. The van der Waals surface area contributed by atoms with Crippen molar-refractivity contribution in [3.05, 3.63) is 65.7 Å². The molecule has 3 rings (SSSR count). The highest BCUT2D eigenvalue weighted by Crippen LogP contribution is 2.36. The minimum atomic E-state index is 0.301. The summed E-state index contributed by atoms with van der Waals surface area (Å²) in [6, 6.07) is 17.3. The van der Waals surface area contributed by atoms with Gasteiger partial charge in [-0.25, -0.2) is 0 Å². The SMILES string of the molecule is OC(=C1COc2ccccc21)c1ccccc1. The molecule has 0 bridgehead atoms. The summed E-state index contributed by atoms with van der Waals surface area (Å²) in [5.41, 5.74) is 2.66. The highest BCUT2D eigenvalue weighted by molar-refractivity contribution is 5.91. The van der Waals surface area contributed by atoms with Crippen LogP contribution in [0.5, 0.6) is 5.75 Å². The fourth-order valence-electron chi connectivity index (χ4n) is 2.04. The second kappa shape index (κ2) is 3.98. The fraction of sp³-hybridized carbons (Fsp3) is 0.0667. The van der Waals surface area contributed by atoms with Gasteiger partial charge in [0.05, 0.1) is 0 Å². The number of fused-ring (bicyclic) bond motifs is 1. The van der Waals surface area contributed by atoms with Crippen LogP contribution in [0, 0.1) is 0 Å². The zero-order valence-corrected chi connectivity index (χ0v) is 9.26. The molecule has 84 valence electrons. The topological polar surface area (TPSA) is 29.5 Å². The number of benzene rings is 2. The van der Waals surface area contributed by atoms with Gasteiger partial charge in [-0.05, 0) is 6.07 Å². The van der Waals surface area contributed by atoms with Gasteiger partial charge in [-0.3, -0.25) is 0 Å². The van der Waals surface area contributed by atoms with Gasteiger partial charge in [0.1, 0.15) is 18.1 Å². The molecule has 0 atom stereocenters. The molecule has 17 heavy (non-hydrogen) atoms. The molecular weight excluding hydrogens is 212 g/mol. The van der Waals surface area contributed by atoms with Crippen molar-refractivity contribution in [2.45, 2.75) is 0 Å². The molecule has 0 radical (unpaired) electrons. The summed E-state index contributed by atoms with van der Waals surface area (Å²) >= 11 is 0. The molecule has 2 heteroatoms. The molecule has 0 unspecified atom stereocenters. The van der Waals surface area contributed by atoms with E-state index in [-0.39, 0.29) is 0 Å². The summed E-state index contributed by atoms with van der Waals surface area (Å²) in [4.78, 5) is 0. The second-order valence-electron chi connectivity index (χ2n) is 3.98. The lowest BCUT2D eigenvalue weighted by atomic mass is 10.0. The second-order valence-corrected chi connectivity index (χ2v) is 3.98. The van der Waals surface area contributed by atoms with E-state index in [0.717, 1.165) is 22.4 Å². The van der Waals surface area contributed by atoms with Crippen molar-refractivity contribution in [3.8, 4) is 5.75 Å². The number of hydrogen-bond donors (Lipinski definition) is 1. The van der Waals surface area contributed by atoms with E-state index in [2.05, 4.69) is 0 Å². The van der Waals surface area contributed by atoms with Gasteiger partial charge in [-0.15, -0.1) is 0 Å². The van der Waals surface area contributed by atoms with Crippen LogP contribution >= 0.6 is 0 Å². The first-order valence-corrected chi connectivity index (χ1v) is 5.56. The third kappa shape index (κ3) is 1.68. The van der Waals surface area contributed by atoms with Gasteiger partial charge in [0, 0.05) is 16.7 Å². The van der Waals surface area contributed by atoms with Crippen LogP contribution in [0.15, 0.2) is 54.6 Å². The van der Waals surface area contributed by atoms with Crippen molar-refractivity contribution in [1.29, 1.82) is 0 Å². The Bertz CT molecular complexity index is 570. The van der Waals surface area contributed by atoms with Crippen molar-refractivity contribution in [2.75, 3.05) is 6.61 Å². The zero-order valence-electron chi connectivity index (χ0n) is 9.26. The van der Waals surface area contributed by atoms with Crippen LogP contribution in [-0.4, -0.2) is 11.7 Å². The van der Waals surface area contributed by atoms with Crippen LogP contribution in [0.1, 0.15) is 11.1 Å². The molecule has 0 spiro atoms. The van der Waals surface area contributed by atoms with Gasteiger partial charge in [0.25, 0.3) is 0 Å². The molecule has 0 amide bonds. The number of rotatable bonds is 1. The summed E-state index contributed by atoms with van der Waals surface area (Å²) in [6.07, 6.45) is 0. The van der Waals surface area contributed by atoms with Crippen LogP contribution in [0.3, 0.4) is 0 Å². The Balaban J connectivity index is 2.12. The molecule has 0 aliphatic carbocycles. The number of hydrogen-bond acceptors (Lipinski definition) is 2. The first kappa shape index (κ1) is 9.97. The van der Waals surface area contributed by atoms with Crippen LogP contribution in [0.25, 0.3) is 11.3 Å². The van der Waals surface area contributed by atoms with E-state index in [4.69, 9.17) is 4.74 Å². The van der Waals surface area contributed by atoms with E-state index in [9.17, 15) is 5.11 Å². The average molecular weight is 224 g/mol. The predicted molar refractivity (Wildman–Crippen MR) is 67.8 cm³/mol. The highest BCUT2D eigenvalue weighted by Gasteiger charge is 2.21. The summed E-state index contributed by atoms with van der Waals surface area (Å²) in [7, 11) is 0. The number of aliphatic hydroxyl groups excluding tert-OH is 1. The van der Waals surface area contributed by atoms with E-state index in [1.54, 1.807) is 0 Å². The van der Waals surface area contributed by atoms with Crippen LogP contribution in [-0.2, 0) is 0 Å². The lowest BCUT2D eigenvalue weighted by Crippen LogP contribution is -1.93. The first-order valence-electron chi connectivity index (χ1n) is 5.56. The smallest absolute Gasteiger partial charge is 0.130 e. The Labute approximate surface area is 99.8 Å². The Kier molecular flexibility index (Phi) is 2.33. The molecule has 0 saturated heterocycles. The third-order valence-corrected chi connectivity index (χ3v) is 2.92. The number of para-hydroxylation sites is 1. The normalized spacial score (nSPS) is 16.2. The minimum absolute atomic E-state index is 0.301. The number of aliphatic hydroxyl groups is 1. The van der Waals surface area contributed by atoms with Gasteiger partial charge < -0.3 is 9.84 Å². The largest absolute Gasteiger partial charge is 0.507 e. The number of ether oxygens (including phenoxy) is 1. The first-order chi connectivity index (χ1) is 8.36. The summed E-state index contributed by atoms with van der Waals surface area (Å²) < 4.78 is 5.54. The molecule has 2 nitrogen and oxygen atoms in total. The van der Waals surface area contributed by atoms with E-state index in [1.807, 2.05) is 54.6 Å². The molecular formula is C15H12O2. The van der Waals surface area contributed by atoms with Crippen molar-refractivity contribution in [3.63, 3.8) is 0 Å². The molecule has 0 aromatic heterocycles.